The van der Waals surface area contributed by atoms with Crippen LogP contribution in [0.1, 0.15) is 47.0 Å². The van der Waals surface area contributed by atoms with Crippen LogP contribution in [-0.4, -0.2) is 19.3 Å². The molecule has 2 unspecified atom stereocenters. The zero-order valence-electron chi connectivity index (χ0n) is 12.3. The summed E-state index contributed by atoms with van der Waals surface area (Å²) in [7, 11) is 0. The zero-order valence-corrected chi connectivity index (χ0v) is 12.3. The highest BCUT2D eigenvalue weighted by Gasteiger charge is 2.22. The molecule has 3 atom stereocenters. The van der Waals surface area contributed by atoms with Gasteiger partial charge >= 0.3 is 0 Å². The Kier molecular flexibility index (Phi) is 7.11. The van der Waals surface area contributed by atoms with Crippen LogP contribution < -0.4 is 0 Å². The fraction of sp³-hybridized carbons (Fsp3) is 0.750. The lowest BCUT2D eigenvalue weighted by atomic mass is 9.84. The van der Waals surface area contributed by atoms with E-state index in [0.717, 1.165) is 19.4 Å². The van der Waals surface area contributed by atoms with Crippen molar-refractivity contribution < 1.29 is 9.47 Å². The van der Waals surface area contributed by atoms with Gasteiger partial charge in [-0.25, -0.2) is 0 Å². The van der Waals surface area contributed by atoms with E-state index in [1.54, 1.807) is 0 Å². The smallest absolute Gasteiger partial charge is 0.121 e. The second-order valence-electron chi connectivity index (χ2n) is 5.28. The Bertz CT molecular complexity index is 281. The molecule has 0 spiro atoms. The molecule has 2 nitrogen and oxygen atoms in total. The highest BCUT2D eigenvalue weighted by atomic mass is 16.5. The van der Waals surface area contributed by atoms with Gasteiger partial charge in [-0.15, -0.1) is 0 Å². The molecular weight excluding hydrogens is 224 g/mol. The highest BCUT2D eigenvalue weighted by molar-refractivity contribution is 5.20. The molecule has 1 aliphatic heterocycles. The summed E-state index contributed by atoms with van der Waals surface area (Å²) in [6.07, 6.45) is 9.70. The van der Waals surface area contributed by atoms with Crippen LogP contribution >= 0.6 is 0 Å². The Balaban J connectivity index is 2.48. The average Bonchev–Trinajstić information content (AvgIpc) is 2.37. The van der Waals surface area contributed by atoms with E-state index in [0.29, 0.717) is 18.4 Å². The second kappa shape index (κ2) is 8.36. The average molecular weight is 252 g/mol. The molecule has 1 aliphatic rings. The SMILES string of the molecule is CC=C1/C=C\O[C@H](COCCCC)CC(C)C1C. The molecule has 0 aromatic rings. The third-order valence-corrected chi connectivity index (χ3v) is 3.82. The third-order valence-electron chi connectivity index (χ3n) is 3.82. The van der Waals surface area contributed by atoms with Crippen molar-refractivity contribution >= 4 is 0 Å². The lowest BCUT2D eigenvalue weighted by Gasteiger charge is -2.28. The quantitative estimate of drug-likeness (QED) is 0.678. The van der Waals surface area contributed by atoms with E-state index in [-0.39, 0.29) is 6.10 Å². The minimum absolute atomic E-state index is 0.203. The Morgan fingerprint density at radius 3 is 2.89 bits per heavy atom. The van der Waals surface area contributed by atoms with Crippen molar-refractivity contribution in [1.29, 1.82) is 0 Å². The minimum Gasteiger partial charge on any atom is -0.496 e. The Morgan fingerprint density at radius 1 is 1.44 bits per heavy atom. The van der Waals surface area contributed by atoms with Crippen molar-refractivity contribution in [1.82, 2.24) is 0 Å². The normalized spacial score (nSPS) is 32.7. The summed E-state index contributed by atoms with van der Waals surface area (Å²) in [5, 5.41) is 0. The van der Waals surface area contributed by atoms with Gasteiger partial charge in [-0.1, -0.05) is 33.3 Å². The molecule has 0 bridgehead atoms. The summed E-state index contributed by atoms with van der Waals surface area (Å²) in [4.78, 5) is 0. The molecule has 0 N–H and O–H groups in total. The molecule has 18 heavy (non-hydrogen) atoms. The lowest BCUT2D eigenvalue weighted by Crippen LogP contribution is -2.25. The summed E-state index contributed by atoms with van der Waals surface area (Å²) >= 11 is 0. The first-order valence-electron chi connectivity index (χ1n) is 7.25. The molecule has 0 fully saturated rings. The second-order valence-corrected chi connectivity index (χ2v) is 5.28. The van der Waals surface area contributed by atoms with E-state index < -0.39 is 0 Å². The van der Waals surface area contributed by atoms with Crippen molar-refractivity contribution in [2.45, 2.75) is 53.1 Å². The van der Waals surface area contributed by atoms with Gasteiger partial charge in [-0.2, -0.15) is 0 Å². The first kappa shape index (κ1) is 15.3. The molecular formula is C16H28O2. The summed E-state index contributed by atoms with van der Waals surface area (Å²) in [6, 6.07) is 0. The van der Waals surface area contributed by atoms with Crippen LogP contribution in [0.25, 0.3) is 0 Å². The number of hydrogen-bond donors (Lipinski definition) is 0. The van der Waals surface area contributed by atoms with Crippen LogP contribution in [0.5, 0.6) is 0 Å². The fourth-order valence-corrected chi connectivity index (χ4v) is 2.31. The topological polar surface area (TPSA) is 18.5 Å². The number of allylic oxidation sites excluding steroid dienone is 3. The van der Waals surface area contributed by atoms with Gasteiger partial charge in [0.25, 0.3) is 0 Å². The van der Waals surface area contributed by atoms with Gasteiger partial charge in [-0.3, -0.25) is 0 Å². The van der Waals surface area contributed by atoms with Gasteiger partial charge < -0.3 is 9.47 Å². The number of rotatable bonds is 5. The third kappa shape index (κ3) is 4.85. The summed E-state index contributed by atoms with van der Waals surface area (Å²) in [5.74, 6) is 1.22. The van der Waals surface area contributed by atoms with E-state index in [4.69, 9.17) is 9.47 Å². The lowest BCUT2D eigenvalue weighted by molar-refractivity contribution is 0.0105. The van der Waals surface area contributed by atoms with Gasteiger partial charge in [-0.05, 0) is 43.3 Å². The van der Waals surface area contributed by atoms with Crippen molar-refractivity contribution in [2.75, 3.05) is 13.2 Å². The Hall–Kier alpha value is -0.760. The Labute approximate surface area is 112 Å². The van der Waals surface area contributed by atoms with Gasteiger partial charge in [0.2, 0.25) is 0 Å². The molecule has 0 saturated carbocycles. The molecule has 104 valence electrons. The molecule has 2 heteroatoms. The van der Waals surface area contributed by atoms with Crippen LogP contribution in [0.2, 0.25) is 0 Å². The van der Waals surface area contributed by atoms with E-state index in [1.807, 2.05) is 6.26 Å². The van der Waals surface area contributed by atoms with E-state index in [9.17, 15) is 0 Å². The molecule has 0 amide bonds. The molecule has 0 saturated heterocycles. The molecule has 1 rings (SSSR count). The van der Waals surface area contributed by atoms with Crippen LogP contribution in [0, 0.1) is 11.8 Å². The molecule has 0 aromatic heterocycles. The Morgan fingerprint density at radius 2 is 2.22 bits per heavy atom. The molecule has 1 heterocycles. The van der Waals surface area contributed by atoms with Crippen molar-refractivity contribution in [3.05, 3.63) is 24.0 Å². The first-order valence-corrected chi connectivity index (χ1v) is 7.25. The monoisotopic (exact) mass is 252 g/mol. The van der Waals surface area contributed by atoms with Crippen LogP contribution in [0.3, 0.4) is 0 Å². The van der Waals surface area contributed by atoms with Crippen LogP contribution in [-0.2, 0) is 9.47 Å². The largest absolute Gasteiger partial charge is 0.496 e. The van der Waals surface area contributed by atoms with Crippen molar-refractivity contribution in [3.8, 4) is 0 Å². The molecule has 0 aliphatic carbocycles. The van der Waals surface area contributed by atoms with E-state index in [1.165, 1.54) is 12.0 Å². The van der Waals surface area contributed by atoms with Crippen LogP contribution in [0.4, 0.5) is 0 Å². The predicted octanol–water partition coefficient (Wildman–Crippen LogP) is 4.32. The van der Waals surface area contributed by atoms with Crippen molar-refractivity contribution in [3.63, 3.8) is 0 Å². The predicted molar refractivity (Wildman–Crippen MR) is 76.4 cm³/mol. The van der Waals surface area contributed by atoms with Crippen molar-refractivity contribution in [2.24, 2.45) is 11.8 Å². The summed E-state index contributed by atoms with van der Waals surface area (Å²) < 4.78 is 11.4. The maximum absolute atomic E-state index is 5.77. The van der Waals surface area contributed by atoms with Crippen LogP contribution in [0.15, 0.2) is 24.0 Å². The standard InChI is InChI=1S/C16H28O2/c1-5-7-9-17-12-16-11-13(3)14(4)15(6-2)8-10-18-16/h6,8,10,13-14,16H,5,7,9,11-12H2,1-4H3/b10-8-,15-6?/t13?,14?,16-/m0/s1. The summed E-state index contributed by atoms with van der Waals surface area (Å²) in [6.45, 7) is 10.4. The molecule has 0 aromatic carbocycles. The van der Waals surface area contributed by atoms with Gasteiger partial charge in [0.15, 0.2) is 0 Å². The summed E-state index contributed by atoms with van der Waals surface area (Å²) in [5.41, 5.74) is 1.37. The maximum atomic E-state index is 5.77. The maximum Gasteiger partial charge on any atom is 0.121 e. The zero-order chi connectivity index (χ0) is 13.4. The van der Waals surface area contributed by atoms with Gasteiger partial charge in [0, 0.05) is 6.61 Å². The minimum atomic E-state index is 0.203. The number of ether oxygens (including phenoxy) is 2. The van der Waals surface area contributed by atoms with Gasteiger partial charge in [0.1, 0.15) is 6.10 Å². The van der Waals surface area contributed by atoms with Gasteiger partial charge in [0.05, 0.1) is 12.9 Å². The van der Waals surface area contributed by atoms with E-state index >= 15 is 0 Å². The van der Waals surface area contributed by atoms with E-state index in [2.05, 4.69) is 39.8 Å². The number of hydrogen-bond acceptors (Lipinski definition) is 2. The highest BCUT2D eigenvalue weighted by Crippen LogP contribution is 2.28. The molecule has 0 radical (unpaired) electrons. The first-order chi connectivity index (χ1) is 8.69. The number of unbranched alkanes of at least 4 members (excludes halogenated alkanes) is 1. The fourth-order valence-electron chi connectivity index (χ4n) is 2.31.